The summed E-state index contributed by atoms with van der Waals surface area (Å²) in [6, 6.07) is 1.70. The van der Waals surface area contributed by atoms with Gasteiger partial charge in [0.05, 0.1) is 19.8 Å². The fourth-order valence-corrected chi connectivity index (χ4v) is 5.31. The monoisotopic (exact) mass is 817 g/mol. The Hall–Kier alpha value is -3.24. The molecule has 296 valence electrons. The van der Waals surface area contributed by atoms with Crippen LogP contribution in [0.1, 0.15) is 126 Å². The van der Waals surface area contributed by atoms with Gasteiger partial charge < -0.3 is 23.7 Å². The average molecular weight is 819 g/mol. The second kappa shape index (κ2) is 20.9. The minimum atomic E-state index is -1.00. The van der Waals surface area contributed by atoms with E-state index in [2.05, 4.69) is 26.2 Å². The van der Waals surface area contributed by atoms with Crippen LogP contribution in [-0.4, -0.2) is 93.4 Å². The number of amides is 4. The summed E-state index contributed by atoms with van der Waals surface area (Å²) >= 11 is 4.77. The lowest BCUT2D eigenvalue weighted by molar-refractivity contribution is 0.0225. The Morgan fingerprint density at radius 3 is 1.77 bits per heavy atom. The minimum absolute atomic E-state index is 0.0534. The standard InChI is InChI=1S/C36H60BrN5O9S/c1-33(2,3)48-29(43)39-27(38)25-22-26(52-24-25)23-47-21-20-42(32(46)51-36(10,11)12)28(40-30(44)49-34(4,5)6)41(31(45)50-35(7,8)9)19-17-15-13-14-16-18-37/h22,24H,13-21,23H2,1-12H3,(H2,38,39,43)/b40-28+. The smallest absolute Gasteiger partial charge is 0.437 e. The molecular formula is C36H60BrN5O9S. The number of unbranched alkanes of at least 4 members (excludes halogenated alkanes) is 4. The predicted molar refractivity (Wildman–Crippen MR) is 207 cm³/mol. The molecule has 1 heterocycles. The van der Waals surface area contributed by atoms with Crippen LogP contribution in [0.25, 0.3) is 0 Å². The molecular weight excluding hydrogens is 758 g/mol. The van der Waals surface area contributed by atoms with Crippen molar-refractivity contribution in [3.8, 4) is 0 Å². The van der Waals surface area contributed by atoms with Crippen molar-refractivity contribution in [1.82, 2.24) is 15.1 Å². The Bertz CT molecular complexity index is 1370. The van der Waals surface area contributed by atoms with Crippen LogP contribution in [-0.2, 0) is 30.3 Å². The number of guanidine groups is 1. The van der Waals surface area contributed by atoms with Crippen molar-refractivity contribution in [2.24, 2.45) is 4.99 Å². The van der Waals surface area contributed by atoms with Gasteiger partial charge in [0.1, 0.15) is 28.2 Å². The summed E-state index contributed by atoms with van der Waals surface area (Å²) < 4.78 is 28.1. The van der Waals surface area contributed by atoms with E-state index >= 15 is 0 Å². The first kappa shape index (κ1) is 46.8. The Morgan fingerprint density at radius 2 is 1.25 bits per heavy atom. The maximum Gasteiger partial charge on any atom is 0.437 e. The largest absolute Gasteiger partial charge is 0.444 e. The van der Waals surface area contributed by atoms with Crippen LogP contribution in [0.4, 0.5) is 19.2 Å². The molecule has 52 heavy (non-hydrogen) atoms. The SMILES string of the molecule is CC(C)(C)OC(=O)/N=C(\N(CCCCCCCBr)C(=O)OC(C)(C)C)N(CCOCc1cc(C(=N)NC(=O)OC(C)(C)C)cs1)C(=O)OC(C)(C)C. The van der Waals surface area contributed by atoms with Gasteiger partial charge in [0.15, 0.2) is 0 Å². The van der Waals surface area contributed by atoms with Crippen LogP contribution in [0.5, 0.6) is 0 Å². The zero-order valence-electron chi connectivity index (χ0n) is 33.0. The van der Waals surface area contributed by atoms with Gasteiger partial charge in [0, 0.05) is 27.7 Å². The molecule has 4 amide bonds. The van der Waals surface area contributed by atoms with Crippen LogP contribution >= 0.6 is 27.3 Å². The Balaban J connectivity index is 3.40. The quantitative estimate of drug-likeness (QED) is 0.0648. The lowest BCUT2D eigenvalue weighted by atomic mass is 10.1. The first-order valence-corrected chi connectivity index (χ1v) is 19.4. The molecule has 0 unspecified atom stereocenters. The highest BCUT2D eigenvalue weighted by molar-refractivity contribution is 9.09. The summed E-state index contributed by atoms with van der Waals surface area (Å²) in [5, 5.41) is 13.3. The number of nitrogens with one attached hydrogen (secondary N) is 2. The zero-order valence-corrected chi connectivity index (χ0v) is 35.4. The molecule has 0 aliphatic rings. The predicted octanol–water partition coefficient (Wildman–Crippen LogP) is 9.23. The van der Waals surface area contributed by atoms with Gasteiger partial charge in [-0.3, -0.25) is 10.7 Å². The highest BCUT2D eigenvalue weighted by Gasteiger charge is 2.35. The third kappa shape index (κ3) is 20.7. The third-order valence-corrected chi connectivity index (χ3v) is 7.55. The second-order valence-electron chi connectivity index (χ2n) is 16.0. The molecule has 0 bridgehead atoms. The van der Waals surface area contributed by atoms with E-state index in [9.17, 15) is 19.2 Å². The van der Waals surface area contributed by atoms with Crippen LogP contribution in [0.2, 0.25) is 0 Å². The molecule has 0 fully saturated rings. The van der Waals surface area contributed by atoms with Crippen molar-refractivity contribution < 1.29 is 42.9 Å². The summed E-state index contributed by atoms with van der Waals surface area (Å²) in [4.78, 5) is 60.1. The number of alkyl halides is 1. The Morgan fingerprint density at radius 1 is 0.750 bits per heavy atom. The maximum atomic E-state index is 13.8. The van der Waals surface area contributed by atoms with E-state index in [0.29, 0.717) is 12.0 Å². The van der Waals surface area contributed by atoms with Crippen molar-refractivity contribution >= 4 is 63.4 Å². The Kier molecular flexibility index (Phi) is 18.8. The van der Waals surface area contributed by atoms with E-state index in [0.717, 1.165) is 40.8 Å². The van der Waals surface area contributed by atoms with Crippen molar-refractivity contribution in [3.05, 3.63) is 21.9 Å². The number of hydrogen-bond acceptors (Lipinski definition) is 11. The molecule has 0 saturated heterocycles. The normalized spacial score (nSPS) is 12.5. The van der Waals surface area contributed by atoms with E-state index in [1.165, 1.54) is 16.2 Å². The van der Waals surface area contributed by atoms with Crippen molar-refractivity contribution in [3.63, 3.8) is 0 Å². The van der Waals surface area contributed by atoms with Gasteiger partial charge in [-0.25, -0.2) is 29.0 Å². The molecule has 0 aliphatic heterocycles. The summed E-state index contributed by atoms with van der Waals surface area (Å²) in [7, 11) is 0. The lowest BCUT2D eigenvalue weighted by Gasteiger charge is -2.34. The second-order valence-corrected chi connectivity index (χ2v) is 17.8. The average Bonchev–Trinajstić information content (AvgIpc) is 3.41. The van der Waals surface area contributed by atoms with Gasteiger partial charge in [-0.1, -0.05) is 35.2 Å². The minimum Gasteiger partial charge on any atom is -0.444 e. The van der Waals surface area contributed by atoms with Gasteiger partial charge in [-0.15, -0.1) is 16.3 Å². The van der Waals surface area contributed by atoms with E-state index in [-0.39, 0.29) is 38.1 Å². The van der Waals surface area contributed by atoms with E-state index < -0.39 is 46.8 Å². The molecule has 1 aromatic heterocycles. The van der Waals surface area contributed by atoms with Gasteiger partial charge >= 0.3 is 24.4 Å². The Labute approximate surface area is 321 Å². The lowest BCUT2D eigenvalue weighted by Crippen LogP contribution is -2.53. The van der Waals surface area contributed by atoms with Crippen LogP contribution in [0.3, 0.4) is 0 Å². The number of rotatable bonds is 13. The molecule has 14 nitrogen and oxygen atoms in total. The molecule has 1 rings (SSSR count). The van der Waals surface area contributed by atoms with Gasteiger partial charge in [-0.05, 0) is 102 Å². The first-order valence-electron chi connectivity index (χ1n) is 17.4. The fourth-order valence-electron chi connectivity index (χ4n) is 4.10. The van der Waals surface area contributed by atoms with Gasteiger partial charge in [-0.2, -0.15) is 0 Å². The van der Waals surface area contributed by atoms with E-state index in [4.69, 9.17) is 29.1 Å². The van der Waals surface area contributed by atoms with Crippen LogP contribution in [0, 0.1) is 5.41 Å². The van der Waals surface area contributed by atoms with Crippen molar-refractivity contribution in [2.75, 3.05) is 25.0 Å². The van der Waals surface area contributed by atoms with Crippen LogP contribution < -0.4 is 5.32 Å². The fraction of sp³-hybridized carbons (Fsp3) is 0.722. The first-order chi connectivity index (χ1) is 23.8. The van der Waals surface area contributed by atoms with Crippen LogP contribution in [0.15, 0.2) is 16.4 Å². The summed E-state index contributed by atoms with van der Waals surface area (Å²) in [5.74, 6) is -0.428. The van der Waals surface area contributed by atoms with Gasteiger partial charge in [0.25, 0.3) is 0 Å². The topological polar surface area (TPSA) is 169 Å². The molecule has 0 aliphatic carbocycles. The van der Waals surface area contributed by atoms with Crippen molar-refractivity contribution in [1.29, 1.82) is 5.41 Å². The molecule has 16 heteroatoms. The van der Waals surface area contributed by atoms with Crippen molar-refractivity contribution in [2.45, 2.75) is 144 Å². The zero-order chi connectivity index (χ0) is 39.9. The number of amidine groups is 1. The molecule has 0 aromatic carbocycles. The van der Waals surface area contributed by atoms with E-state index in [1.807, 2.05) is 0 Å². The molecule has 1 aromatic rings. The molecule has 2 N–H and O–H groups in total. The summed E-state index contributed by atoms with van der Waals surface area (Å²) in [6.45, 7) is 20.5. The number of halogens is 1. The number of alkyl carbamates (subject to hydrolysis) is 1. The number of hydrogen-bond donors (Lipinski definition) is 2. The molecule has 0 spiro atoms. The third-order valence-electron chi connectivity index (χ3n) is 6.08. The maximum absolute atomic E-state index is 13.8. The number of carbonyl (C=O) groups is 4. The number of nitrogens with zero attached hydrogens (tertiary/aromatic N) is 3. The molecule has 0 atom stereocenters. The number of carbonyl (C=O) groups excluding carboxylic acids is 4. The summed E-state index contributed by atoms with van der Waals surface area (Å²) in [5.41, 5.74) is -2.96. The number of thiophene rings is 1. The number of ether oxygens (including phenoxy) is 5. The molecule has 0 radical (unpaired) electrons. The van der Waals surface area contributed by atoms with Gasteiger partial charge in [0.2, 0.25) is 5.96 Å². The molecule has 0 saturated carbocycles. The summed E-state index contributed by atoms with van der Waals surface area (Å²) in [6.07, 6.45) is 0.899. The number of aliphatic imine (C=N–C) groups is 1. The highest BCUT2D eigenvalue weighted by Crippen LogP contribution is 2.20. The highest BCUT2D eigenvalue weighted by atomic mass is 79.9. The van der Waals surface area contributed by atoms with E-state index in [1.54, 1.807) is 94.5 Å².